The zero-order valence-electron chi connectivity index (χ0n) is 8.42. The summed E-state index contributed by atoms with van der Waals surface area (Å²) in [5, 5.41) is 27.2. The fourth-order valence-corrected chi connectivity index (χ4v) is 1.28. The normalized spacial score (nSPS) is 14.2. The van der Waals surface area contributed by atoms with Gasteiger partial charge in [-0.15, -0.1) is 0 Å². The minimum absolute atomic E-state index is 0.114. The van der Waals surface area contributed by atoms with Crippen molar-refractivity contribution in [1.29, 1.82) is 0 Å². The number of methoxy groups -OCH3 is 1. The predicted octanol–water partition coefficient (Wildman–Crippen LogP) is 0.313. The van der Waals surface area contributed by atoms with Gasteiger partial charge in [0.25, 0.3) is 0 Å². The molecule has 0 saturated heterocycles. The van der Waals surface area contributed by atoms with Crippen molar-refractivity contribution in [3.63, 3.8) is 0 Å². The average molecular weight is 230 g/mol. The SMILES string of the molecule is COc1c(F)cccc1C(O)C(O)C(=O)O. The van der Waals surface area contributed by atoms with Crippen molar-refractivity contribution < 1.29 is 29.2 Å². The van der Waals surface area contributed by atoms with Gasteiger partial charge < -0.3 is 20.1 Å². The number of aliphatic carboxylic acids is 1. The van der Waals surface area contributed by atoms with Crippen molar-refractivity contribution in [2.45, 2.75) is 12.2 Å². The smallest absolute Gasteiger partial charge is 0.335 e. The second kappa shape index (κ2) is 4.91. The topological polar surface area (TPSA) is 87.0 Å². The zero-order valence-corrected chi connectivity index (χ0v) is 8.42. The summed E-state index contributed by atoms with van der Waals surface area (Å²) in [4.78, 5) is 10.5. The largest absolute Gasteiger partial charge is 0.493 e. The first kappa shape index (κ1) is 12.4. The van der Waals surface area contributed by atoms with Crippen LogP contribution < -0.4 is 4.74 Å². The molecular formula is C10H11FO5. The number of rotatable bonds is 4. The molecule has 0 aromatic heterocycles. The highest BCUT2D eigenvalue weighted by atomic mass is 19.1. The molecular weight excluding hydrogens is 219 g/mol. The van der Waals surface area contributed by atoms with Crippen LogP contribution >= 0.6 is 0 Å². The van der Waals surface area contributed by atoms with Crippen LogP contribution in [0.2, 0.25) is 0 Å². The first-order chi connectivity index (χ1) is 7.49. The van der Waals surface area contributed by atoms with Gasteiger partial charge in [-0.2, -0.15) is 0 Å². The Balaban J connectivity index is 3.12. The standard InChI is InChI=1S/C10H11FO5/c1-16-9-5(3-2-4-6(9)11)7(12)8(13)10(14)15/h2-4,7-8,12-13H,1H3,(H,14,15). The van der Waals surface area contributed by atoms with Gasteiger partial charge in [-0.3, -0.25) is 0 Å². The summed E-state index contributed by atoms with van der Waals surface area (Å²) >= 11 is 0. The van der Waals surface area contributed by atoms with E-state index in [0.717, 1.165) is 6.07 Å². The monoisotopic (exact) mass is 230 g/mol. The minimum Gasteiger partial charge on any atom is -0.493 e. The number of aliphatic hydroxyl groups excluding tert-OH is 2. The third-order valence-corrected chi connectivity index (χ3v) is 2.07. The van der Waals surface area contributed by atoms with Gasteiger partial charge >= 0.3 is 5.97 Å². The molecule has 88 valence electrons. The molecule has 0 aliphatic heterocycles. The molecule has 5 nitrogen and oxygen atoms in total. The van der Waals surface area contributed by atoms with Gasteiger partial charge in [0.05, 0.1) is 7.11 Å². The molecule has 3 N–H and O–H groups in total. The fraction of sp³-hybridized carbons (Fsp3) is 0.300. The summed E-state index contributed by atoms with van der Waals surface area (Å²) in [5.41, 5.74) is -0.114. The second-order valence-corrected chi connectivity index (χ2v) is 3.09. The molecule has 0 spiro atoms. The number of para-hydroxylation sites is 1. The molecule has 0 amide bonds. The van der Waals surface area contributed by atoms with E-state index in [-0.39, 0.29) is 11.3 Å². The highest BCUT2D eigenvalue weighted by Gasteiger charge is 2.28. The lowest BCUT2D eigenvalue weighted by molar-refractivity contribution is -0.153. The minimum atomic E-state index is -2.03. The molecule has 0 bridgehead atoms. The molecule has 1 aromatic carbocycles. The predicted molar refractivity (Wildman–Crippen MR) is 51.6 cm³/mol. The summed E-state index contributed by atoms with van der Waals surface area (Å²) in [6.45, 7) is 0. The fourth-order valence-electron chi connectivity index (χ4n) is 1.28. The number of benzene rings is 1. The molecule has 1 aromatic rings. The molecule has 1 rings (SSSR count). The van der Waals surface area contributed by atoms with Gasteiger partial charge in [-0.05, 0) is 6.07 Å². The summed E-state index contributed by atoms with van der Waals surface area (Å²) in [6.07, 6.45) is -3.78. The third-order valence-electron chi connectivity index (χ3n) is 2.07. The van der Waals surface area contributed by atoms with Gasteiger partial charge in [-0.1, -0.05) is 12.1 Å². The molecule has 6 heteroatoms. The Hall–Kier alpha value is -1.66. The zero-order chi connectivity index (χ0) is 12.3. The lowest BCUT2D eigenvalue weighted by atomic mass is 10.0. The summed E-state index contributed by atoms with van der Waals surface area (Å²) in [6, 6.07) is 3.66. The maximum atomic E-state index is 13.2. The summed E-state index contributed by atoms with van der Waals surface area (Å²) < 4.78 is 17.9. The van der Waals surface area contributed by atoms with E-state index in [1.165, 1.54) is 19.2 Å². The van der Waals surface area contributed by atoms with Crippen LogP contribution in [-0.2, 0) is 4.79 Å². The Labute approximate surface area is 90.7 Å². The Morgan fingerprint density at radius 1 is 1.44 bits per heavy atom. The van der Waals surface area contributed by atoms with Crippen molar-refractivity contribution >= 4 is 5.97 Å². The van der Waals surface area contributed by atoms with E-state index in [0.29, 0.717) is 0 Å². The highest BCUT2D eigenvalue weighted by molar-refractivity contribution is 5.73. The number of carbonyl (C=O) groups is 1. The Morgan fingerprint density at radius 3 is 2.56 bits per heavy atom. The highest BCUT2D eigenvalue weighted by Crippen LogP contribution is 2.29. The van der Waals surface area contributed by atoms with E-state index in [2.05, 4.69) is 4.74 Å². The molecule has 0 radical (unpaired) electrons. The molecule has 0 aliphatic rings. The number of carboxylic acids is 1. The molecule has 2 atom stereocenters. The first-order valence-electron chi connectivity index (χ1n) is 4.40. The van der Waals surface area contributed by atoms with E-state index in [1.807, 2.05) is 0 Å². The maximum absolute atomic E-state index is 13.2. The van der Waals surface area contributed by atoms with E-state index in [1.54, 1.807) is 0 Å². The molecule has 2 unspecified atom stereocenters. The van der Waals surface area contributed by atoms with E-state index in [4.69, 9.17) is 10.2 Å². The third kappa shape index (κ3) is 2.29. The number of halogens is 1. The summed E-state index contributed by atoms with van der Waals surface area (Å²) in [7, 11) is 1.18. The number of aliphatic hydroxyl groups is 2. The van der Waals surface area contributed by atoms with Gasteiger partial charge in [0.15, 0.2) is 17.7 Å². The first-order valence-corrected chi connectivity index (χ1v) is 4.40. The van der Waals surface area contributed by atoms with Gasteiger partial charge in [0.2, 0.25) is 0 Å². The molecule has 0 heterocycles. The van der Waals surface area contributed by atoms with Crippen LogP contribution in [0.15, 0.2) is 18.2 Å². The van der Waals surface area contributed by atoms with E-state index in [9.17, 15) is 14.3 Å². The lowest BCUT2D eigenvalue weighted by Gasteiger charge is -2.17. The molecule has 16 heavy (non-hydrogen) atoms. The van der Waals surface area contributed by atoms with Crippen LogP contribution in [0, 0.1) is 5.82 Å². The van der Waals surface area contributed by atoms with Gasteiger partial charge in [-0.25, -0.2) is 9.18 Å². The van der Waals surface area contributed by atoms with E-state index >= 15 is 0 Å². The average Bonchev–Trinajstić information content (AvgIpc) is 2.26. The van der Waals surface area contributed by atoms with Crippen molar-refractivity contribution in [2.75, 3.05) is 7.11 Å². The maximum Gasteiger partial charge on any atom is 0.335 e. The number of ether oxygens (including phenoxy) is 1. The van der Waals surface area contributed by atoms with Crippen LogP contribution in [0.1, 0.15) is 11.7 Å². The van der Waals surface area contributed by atoms with Crippen molar-refractivity contribution in [3.8, 4) is 5.75 Å². The Bertz CT molecular complexity index is 393. The number of hydrogen-bond acceptors (Lipinski definition) is 4. The second-order valence-electron chi connectivity index (χ2n) is 3.09. The Kier molecular flexibility index (Phi) is 3.81. The quantitative estimate of drug-likeness (QED) is 0.693. The van der Waals surface area contributed by atoms with Gasteiger partial charge in [0, 0.05) is 5.56 Å². The molecule has 0 aliphatic carbocycles. The molecule has 0 fully saturated rings. The van der Waals surface area contributed by atoms with Crippen LogP contribution in [0.4, 0.5) is 4.39 Å². The van der Waals surface area contributed by atoms with Crippen LogP contribution in [0.3, 0.4) is 0 Å². The van der Waals surface area contributed by atoms with Crippen LogP contribution in [0.5, 0.6) is 5.75 Å². The van der Waals surface area contributed by atoms with Crippen molar-refractivity contribution in [1.82, 2.24) is 0 Å². The summed E-state index contributed by atoms with van der Waals surface area (Å²) in [5.74, 6) is -2.62. The number of hydrogen-bond donors (Lipinski definition) is 3. The van der Waals surface area contributed by atoms with Crippen molar-refractivity contribution in [3.05, 3.63) is 29.6 Å². The van der Waals surface area contributed by atoms with Crippen LogP contribution in [-0.4, -0.2) is 34.5 Å². The van der Waals surface area contributed by atoms with E-state index < -0.39 is 24.0 Å². The lowest BCUT2D eigenvalue weighted by Crippen LogP contribution is -2.27. The Morgan fingerprint density at radius 2 is 2.06 bits per heavy atom. The molecule has 0 saturated carbocycles. The van der Waals surface area contributed by atoms with Gasteiger partial charge in [0.1, 0.15) is 6.10 Å². The van der Waals surface area contributed by atoms with Crippen molar-refractivity contribution in [2.24, 2.45) is 0 Å². The van der Waals surface area contributed by atoms with Crippen LogP contribution in [0.25, 0.3) is 0 Å². The number of carboxylic acid groups (broad SMARTS) is 1.